The normalized spacial score (nSPS) is 41.9. The van der Waals surface area contributed by atoms with E-state index >= 15 is 0 Å². The molecule has 2 heterocycles. The second kappa shape index (κ2) is 3.54. The van der Waals surface area contributed by atoms with Gasteiger partial charge in [-0.3, -0.25) is 4.90 Å². The third-order valence-corrected chi connectivity index (χ3v) is 4.19. The number of allylic oxidation sites excluding steroid dienone is 1. The van der Waals surface area contributed by atoms with Crippen molar-refractivity contribution in [1.29, 1.82) is 0 Å². The van der Waals surface area contributed by atoms with Gasteiger partial charge in [0.15, 0.2) is 0 Å². The van der Waals surface area contributed by atoms with E-state index in [1.807, 2.05) is 0 Å². The van der Waals surface area contributed by atoms with Crippen LogP contribution in [0.1, 0.15) is 25.7 Å². The van der Waals surface area contributed by atoms with Crippen molar-refractivity contribution < 1.29 is 0 Å². The lowest BCUT2D eigenvalue weighted by atomic mass is 9.73. The van der Waals surface area contributed by atoms with Crippen LogP contribution in [-0.4, -0.2) is 24.0 Å². The van der Waals surface area contributed by atoms with Gasteiger partial charge in [-0.2, -0.15) is 0 Å². The van der Waals surface area contributed by atoms with E-state index in [0.29, 0.717) is 0 Å². The summed E-state index contributed by atoms with van der Waals surface area (Å²) in [5.74, 6) is 1.86. The average molecular weight is 189 g/mol. The van der Waals surface area contributed by atoms with Gasteiger partial charge in [-0.1, -0.05) is 24.3 Å². The summed E-state index contributed by atoms with van der Waals surface area (Å²) < 4.78 is 0. The number of hydrogen-bond acceptors (Lipinski definition) is 1. The number of piperidine rings is 1. The average Bonchev–Trinajstić information content (AvgIpc) is 2.29. The zero-order chi connectivity index (χ0) is 9.38. The Morgan fingerprint density at radius 1 is 1.07 bits per heavy atom. The molecule has 14 heavy (non-hydrogen) atoms. The molecule has 0 aromatic rings. The monoisotopic (exact) mass is 189 g/mol. The molecule has 1 heteroatoms. The third-order valence-electron chi connectivity index (χ3n) is 4.19. The third kappa shape index (κ3) is 1.35. The van der Waals surface area contributed by atoms with E-state index in [1.165, 1.54) is 38.8 Å². The topological polar surface area (TPSA) is 3.24 Å². The second-order valence-corrected chi connectivity index (χ2v) is 4.90. The molecule has 2 aliphatic heterocycles. The number of fused-ring (bicyclic) bond motifs is 3. The maximum Gasteiger partial charge on any atom is 0.0198 e. The van der Waals surface area contributed by atoms with Crippen LogP contribution < -0.4 is 0 Å². The molecule has 3 rings (SSSR count). The minimum atomic E-state index is 0.829. The van der Waals surface area contributed by atoms with Gasteiger partial charge in [0.25, 0.3) is 0 Å². The molecule has 0 aromatic heterocycles. The highest BCUT2D eigenvalue weighted by Crippen LogP contribution is 2.38. The van der Waals surface area contributed by atoms with Crippen LogP contribution in [0.2, 0.25) is 0 Å². The molecule has 0 aromatic carbocycles. The van der Waals surface area contributed by atoms with Crippen LogP contribution in [0, 0.1) is 11.8 Å². The Kier molecular flexibility index (Phi) is 2.21. The molecule has 3 aliphatic rings. The molecular formula is C13H19N. The predicted octanol–water partition coefficient (Wildman–Crippen LogP) is 2.60. The Hall–Kier alpha value is -0.560. The van der Waals surface area contributed by atoms with Gasteiger partial charge in [0.1, 0.15) is 0 Å². The summed E-state index contributed by atoms with van der Waals surface area (Å²) in [6.07, 6.45) is 15.1. The molecule has 1 aliphatic carbocycles. The quantitative estimate of drug-likeness (QED) is 0.529. The van der Waals surface area contributed by atoms with Gasteiger partial charge in [0.2, 0.25) is 0 Å². The van der Waals surface area contributed by atoms with Gasteiger partial charge in [-0.25, -0.2) is 0 Å². The minimum absolute atomic E-state index is 0.829. The maximum absolute atomic E-state index is 2.68. The molecule has 0 radical (unpaired) electrons. The molecule has 0 amide bonds. The van der Waals surface area contributed by atoms with Crippen molar-refractivity contribution >= 4 is 0 Å². The van der Waals surface area contributed by atoms with E-state index in [4.69, 9.17) is 0 Å². The van der Waals surface area contributed by atoms with Gasteiger partial charge in [0, 0.05) is 12.6 Å². The van der Waals surface area contributed by atoms with Crippen molar-refractivity contribution in [2.45, 2.75) is 31.7 Å². The number of hydrogen-bond donors (Lipinski definition) is 0. The van der Waals surface area contributed by atoms with E-state index < -0.39 is 0 Å². The highest BCUT2D eigenvalue weighted by Gasteiger charge is 2.36. The van der Waals surface area contributed by atoms with Gasteiger partial charge in [-0.05, 0) is 44.1 Å². The molecule has 0 bridgehead atoms. The fraction of sp³-hybridized carbons (Fsp3) is 0.692. The maximum atomic E-state index is 2.68. The van der Waals surface area contributed by atoms with Crippen molar-refractivity contribution in [3.8, 4) is 0 Å². The summed E-state index contributed by atoms with van der Waals surface area (Å²) in [6, 6.07) is 0.829. The van der Waals surface area contributed by atoms with Crippen LogP contribution in [0.25, 0.3) is 0 Å². The second-order valence-electron chi connectivity index (χ2n) is 4.90. The van der Waals surface area contributed by atoms with E-state index in [-0.39, 0.29) is 0 Å². The molecule has 1 saturated heterocycles. The molecule has 3 atom stereocenters. The highest BCUT2D eigenvalue weighted by molar-refractivity contribution is 5.09. The lowest BCUT2D eigenvalue weighted by Gasteiger charge is -2.46. The molecule has 3 unspecified atom stereocenters. The summed E-state index contributed by atoms with van der Waals surface area (Å²) in [5.41, 5.74) is 0. The molecule has 1 fully saturated rings. The van der Waals surface area contributed by atoms with E-state index in [1.54, 1.807) is 0 Å². The fourth-order valence-corrected chi connectivity index (χ4v) is 3.41. The Morgan fingerprint density at radius 3 is 3.07 bits per heavy atom. The van der Waals surface area contributed by atoms with Crippen LogP contribution >= 0.6 is 0 Å². The van der Waals surface area contributed by atoms with Crippen molar-refractivity contribution in [3.63, 3.8) is 0 Å². The predicted molar refractivity (Wildman–Crippen MR) is 59.1 cm³/mol. The Bertz CT molecular complexity index is 266. The summed E-state index contributed by atoms with van der Waals surface area (Å²) in [5, 5.41) is 0. The first-order valence-electron chi connectivity index (χ1n) is 6.01. The first-order chi connectivity index (χ1) is 6.95. The van der Waals surface area contributed by atoms with Crippen LogP contribution in [0.3, 0.4) is 0 Å². The molecular weight excluding hydrogens is 170 g/mol. The Balaban J connectivity index is 1.84. The van der Waals surface area contributed by atoms with Crippen molar-refractivity contribution in [2.75, 3.05) is 13.1 Å². The minimum Gasteiger partial charge on any atom is -0.296 e. The smallest absolute Gasteiger partial charge is 0.0198 e. The molecule has 1 nitrogen and oxygen atoms in total. The first-order valence-corrected chi connectivity index (χ1v) is 6.01. The van der Waals surface area contributed by atoms with Crippen LogP contribution in [-0.2, 0) is 0 Å². The van der Waals surface area contributed by atoms with Gasteiger partial charge >= 0.3 is 0 Å². The zero-order valence-corrected chi connectivity index (χ0v) is 8.73. The first kappa shape index (κ1) is 8.72. The standard InChI is InChI=1S/C13H19N/c1-2-6-12-11(5-1)8-10-14-9-4-3-7-13(12)14/h2-4,6,11-13H,1,5,7-10H2. The van der Waals surface area contributed by atoms with E-state index in [9.17, 15) is 0 Å². The van der Waals surface area contributed by atoms with Crippen molar-refractivity contribution in [3.05, 3.63) is 24.3 Å². The Morgan fingerprint density at radius 2 is 2.07 bits per heavy atom. The zero-order valence-electron chi connectivity index (χ0n) is 8.73. The van der Waals surface area contributed by atoms with Gasteiger partial charge in [-0.15, -0.1) is 0 Å². The lowest BCUT2D eigenvalue weighted by molar-refractivity contribution is 0.0707. The summed E-state index contributed by atoms with van der Waals surface area (Å²) in [6.45, 7) is 2.53. The van der Waals surface area contributed by atoms with E-state index in [0.717, 1.165) is 17.9 Å². The molecule has 76 valence electrons. The number of rotatable bonds is 0. The van der Waals surface area contributed by atoms with Gasteiger partial charge < -0.3 is 0 Å². The summed E-state index contributed by atoms with van der Waals surface area (Å²) in [4.78, 5) is 2.68. The van der Waals surface area contributed by atoms with Crippen LogP contribution in [0.5, 0.6) is 0 Å². The summed E-state index contributed by atoms with van der Waals surface area (Å²) in [7, 11) is 0. The van der Waals surface area contributed by atoms with E-state index in [2.05, 4.69) is 29.2 Å². The molecule has 0 spiro atoms. The van der Waals surface area contributed by atoms with Crippen molar-refractivity contribution in [2.24, 2.45) is 11.8 Å². The highest BCUT2D eigenvalue weighted by atomic mass is 15.2. The van der Waals surface area contributed by atoms with Crippen LogP contribution in [0.15, 0.2) is 24.3 Å². The van der Waals surface area contributed by atoms with Gasteiger partial charge in [0.05, 0.1) is 0 Å². The molecule has 0 saturated carbocycles. The van der Waals surface area contributed by atoms with Crippen molar-refractivity contribution in [1.82, 2.24) is 4.90 Å². The number of nitrogens with zero attached hydrogens (tertiary/aromatic N) is 1. The fourth-order valence-electron chi connectivity index (χ4n) is 3.41. The Labute approximate surface area is 86.5 Å². The lowest BCUT2D eigenvalue weighted by Crippen LogP contribution is -2.50. The largest absolute Gasteiger partial charge is 0.296 e. The SMILES string of the molecule is C1=CC2C(CC1)CCN1CC=CCC21. The summed E-state index contributed by atoms with van der Waals surface area (Å²) >= 11 is 0. The molecule has 0 N–H and O–H groups in total. The van der Waals surface area contributed by atoms with Crippen LogP contribution in [0.4, 0.5) is 0 Å².